The van der Waals surface area contributed by atoms with Crippen molar-refractivity contribution in [2.24, 2.45) is 0 Å². The largest absolute Gasteiger partial charge is 0.460 e. The molecular weight excluding hydrogens is 568 g/mol. The third kappa shape index (κ3) is 21.6. The summed E-state index contributed by atoms with van der Waals surface area (Å²) in [6.07, 6.45) is -5.34. The van der Waals surface area contributed by atoms with Crippen molar-refractivity contribution in [2.75, 3.05) is 0 Å². The molecule has 43 heavy (non-hydrogen) atoms. The predicted molar refractivity (Wildman–Crippen MR) is 155 cm³/mol. The van der Waals surface area contributed by atoms with Crippen LogP contribution in [0.15, 0.2) is 0 Å². The fraction of sp³-hybridized carbons (Fsp3) is 0.833. The lowest BCUT2D eigenvalue weighted by atomic mass is 9.94. The highest BCUT2D eigenvalue weighted by molar-refractivity contribution is 5.90. The Morgan fingerprint density at radius 2 is 0.698 bits per heavy atom. The van der Waals surface area contributed by atoms with E-state index >= 15 is 0 Å². The van der Waals surface area contributed by atoms with Gasteiger partial charge in [0.1, 0.15) is 28.0 Å². The Hall–Kier alpha value is -2.77. The van der Waals surface area contributed by atoms with Gasteiger partial charge in [-0.05, 0) is 104 Å². The number of hydrogen-bond acceptors (Lipinski definition) is 13. The molecule has 0 saturated heterocycles. The maximum atomic E-state index is 12.4. The Labute approximate surface area is 255 Å². The van der Waals surface area contributed by atoms with E-state index in [0.717, 1.165) is 0 Å². The molecule has 13 nitrogen and oxygen atoms in total. The van der Waals surface area contributed by atoms with Gasteiger partial charge in [-0.25, -0.2) is 14.4 Å². The minimum atomic E-state index is -2.36. The van der Waals surface area contributed by atoms with E-state index in [4.69, 9.17) is 23.7 Å². The van der Waals surface area contributed by atoms with Gasteiger partial charge in [-0.15, -0.1) is 0 Å². The molecule has 2 atom stereocenters. The van der Waals surface area contributed by atoms with Gasteiger partial charge in [-0.1, -0.05) is 0 Å². The maximum absolute atomic E-state index is 12.4. The van der Waals surface area contributed by atoms with E-state index in [1.807, 2.05) is 0 Å². The molecule has 3 N–H and O–H groups in total. The van der Waals surface area contributed by atoms with E-state index in [1.54, 1.807) is 104 Å². The lowest BCUT2D eigenvalue weighted by Crippen LogP contribution is -2.48. The first kappa shape index (κ1) is 42.4. The van der Waals surface area contributed by atoms with Crippen molar-refractivity contribution in [3.05, 3.63) is 0 Å². The average Bonchev–Trinajstić information content (AvgIpc) is 2.65. The van der Waals surface area contributed by atoms with Gasteiger partial charge in [0.05, 0.1) is 12.8 Å². The normalized spacial score (nSPS) is 14.3. The van der Waals surface area contributed by atoms with Gasteiger partial charge in [-0.3, -0.25) is 9.59 Å². The van der Waals surface area contributed by atoms with Crippen LogP contribution in [0.3, 0.4) is 0 Å². The van der Waals surface area contributed by atoms with Crippen molar-refractivity contribution in [2.45, 2.75) is 163 Å². The molecule has 0 fully saturated rings. The molecule has 0 aromatic carbocycles. The number of aliphatic hydroxyl groups is 3. The molecule has 13 heteroatoms. The van der Waals surface area contributed by atoms with Gasteiger partial charge in [0, 0.05) is 0 Å². The molecule has 0 aliphatic carbocycles. The van der Waals surface area contributed by atoms with Crippen LogP contribution in [0.2, 0.25) is 0 Å². The van der Waals surface area contributed by atoms with Crippen molar-refractivity contribution in [1.82, 2.24) is 0 Å². The summed E-state index contributed by atoms with van der Waals surface area (Å²) in [6, 6.07) is 0. The van der Waals surface area contributed by atoms with Gasteiger partial charge in [0.15, 0.2) is 17.8 Å². The predicted octanol–water partition coefficient (Wildman–Crippen LogP) is 2.91. The van der Waals surface area contributed by atoms with Crippen LogP contribution in [-0.2, 0) is 47.7 Å². The second-order valence-corrected chi connectivity index (χ2v) is 15.0. The monoisotopic (exact) mass is 622 g/mol. The highest BCUT2D eigenvalue weighted by Gasteiger charge is 2.46. The summed E-state index contributed by atoms with van der Waals surface area (Å²) in [5.41, 5.74) is -6.47. The molecule has 0 amide bonds. The summed E-state index contributed by atoms with van der Waals surface area (Å²) in [4.78, 5) is 59.4. The van der Waals surface area contributed by atoms with Gasteiger partial charge < -0.3 is 39.0 Å². The van der Waals surface area contributed by atoms with Gasteiger partial charge in [0.25, 0.3) is 0 Å². The molecule has 0 spiro atoms. The first-order valence-electron chi connectivity index (χ1n) is 13.9. The quantitative estimate of drug-likeness (QED) is 0.265. The summed E-state index contributed by atoms with van der Waals surface area (Å²) in [5, 5.41) is 29.7. The van der Waals surface area contributed by atoms with Crippen molar-refractivity contribution >= 4 is 29.8 Å². The summed E-state index contributed by atoms with van der Waals surface area (Å²) in [7, 11) is 0. The number of carbonyl (C=O) groups excluding carboxylic acids is 5. The Morgan fingerprint density at radius 1 is 0.465 bits per heavy atom. The highest BCUT2D eigenvalue weighted by Crippen LogP contribution is 2.25. The van der Waals surface area contributed by atoms with Crippen molar-refractivity contribution in [3.63, 3.8) is 0 Å². The fourth-order valence-electron chi connectivity index (χ4n) is 2.79. The molecule has 0 bridgehead atoms. The number of rotatable bonds is 8. The third-order valence-electron chi connectivity index (χ3n) is 4.09. The maximum Gasteiger partial charge on any atom is 0.339 e. The number of carbonyl (C=O) groups is 5. The van der Waals surface area contributed by atoms with Crippen LogP contribution in [0.4, 0.5) is 0 Å². The van der Waals surface area contributed by atoms with Crippen molar-refractivity contribution in [1.29, 1.82) is 0 Å². The topological polar surface area (TPSA) is 192 Å². The first-order chi connectivity index (χ1) is 18.7. The summed E-state index contributed by atoms with van der Waals surface area (Å²) in [5.74, 6) is -4.84. The Kier molecular flexibility index (Phi) is 15.1. The fourth-order valence-corrected chi connectivity index (χ4v) is 2.79. The number of ether oxygens (including phenoxy) is 5. The van der Waals surface area contributed by atoms with Crippen LogP contribution in [0, 0.1) is 0 Å². The molecular formula is C30H54O13. The smallest absolute Gasteiger partial charge is 0.339 e. The van der Waals surface area contributed by atoms with E-state index in [2.05, 4.69) is 0 Å². The molecule has 0 saturated carbocycles. The van der Waals surface area contributed by atoms with E-state index in [0.29, 0.717) is 0 Å². The van der Waals surface area contributed by atoms with Crippen LogP contribution in [0.1, 0.15) is 117 Å². The molecule has 2 unspecified atom stereocenters. The lowest BCUT2D eigenvalue weighted by molar-refractivity contribution is -0.190. The Balaban J connectivity index is 0. The average molecular weight is 623 g/mol. The van der Waals surface area contributed by atoms with Crippen LogP contribution >= 0.6 is 0 Å². The lowest BCUT2D eigenvalue weighted by Gasteiger charge is -2.31. The minimum absolute atomic E-state index is 0.710. The zero-order valence-electron chi connectivity index (χ0n) is 28.5. The SMILES string of the molecule is CC(C)(C)OC(=O)C(O)C(O)C(=O)OC(C)(C)C.CC(C)(C)OC(=O)CC(O)(CC(=O)OC(C)(C)C)C(=O)OC(C)(C)C. The summed E-state index contributed by atoms with van der Waals surface area (Å²) >= 11 is 0. The van der Waals surface area contributed by atoms with Crippen LogP contribution in [0.25, 0.3) is 0 Å². The number of esters is 5. The molecule has 0 rings (SSSR count). The molecule has 252 valence electrons. The zero-order chi connectivity index (χ0) is 35.0. The molecule has 0 aliphatic heterocycles. The molecule has 0 aliphatic rings. The third-order valence-corrected chi connectivity index (χ3v) is 4.09. The second kappa shape index (κ2) is 15.3. The Bertz CT molecular complexity index is 902. The number of aliphatic hydroxyl groups excluding tert-OH is 2. The molecule has 0 aromatic rings. The van der Waals surface area contributed by atoms with Crippen molar-refractivity contribution in [3.8, 4) is 0 Å². The van der Waals surface area contributed by atoms with Crippen LogP contribution in [-0.4, -0.2) is 91.0 Å². The summed E-state index contributed by atoms with van der Waals surface area (Å²) < 4.78 is 25.1. The number of hydrogen-bond donors (Lipinski definition) is 3. The van der Waals surface area contributed by atoms with E-state index < -0.39 is 88.5 Å². The van der Waals surface area contributed by atoms with Crippen LogP contribution < -0.4 is 0 Å². The van der Waals surface area contributed by atoms with Gasteiger partial charge in [0.2, 0.25) is 0 Å². The molecule has 0 radical (unpaired) electrons. The Morgan fingerprint density at radius 3 is 0.907 bits per heavy atom. The van der Waals surface area contributed by atoms with Gasteiger partial charge in [-0.2, -0.15) is 0 Å². The zero-order valence-corrected chi connectivity index (χ0v) is 28.5. The van der Waals surface area contributed by atoms with E-state index in [-0.39, 0.29) is 0 Å². The first-order valence-corrected chi connectivity index (χ1v) is 13.9. The van der Waals surface area contributed by atoms with Gasteiger partial charge >= 0.3 is 29.8 Å². The minimum Gasteiger partial charge on any atom is -0.460 e. The van der Waals surface area contributed by atoms with E-state index in [9.17, 15) is 39.3 Å². The standard InChI is InChI=1S/C18H32O7.C12H22O6/c1-15(2,3)23-12(19)10-18(22,14(21)25-17(7,8)9)11-13(20)24-16(4,5)6;1-11(2,3)17-9(15)7(13)8(14)10(16)18-12(4,5)6/h22H,10-11H2,1-9H3;7-8,13-14H,1-6H3. The molecule has 0 aromatic heterocycles. The van der Waals surface area contributed by atoms with E-state index in [1.165, 1.54) is 0 Å². The second-order valence-electron chi connectivity index (χ2n) is 15.0. The highest BCUT2D eigenvalue weighted by atomic mass is 16.6. The van der Waals surface area contributed by atoms with Crippen LogP contribution in [0.5, 0.6) is 0 Å². The molecule has 0 heterocycles. The summed E-state index contributed by atoms with van der Waals surface area (Å²) in [6.45, 7) is 24.5. The van der Waals surface area contributed by atoms with Crippen molar-refractivity contribution < 1.29 is 63.0 Å².